The van der Waals surface area contributed by atoms with Crippen molar-refractivity contribution in [2.45, 2.75) is 6.54 Å². The molecule has 0 radical (unpaired) electrons. The average Bonchev–Trinajstić information content (AvgIpc) is 2.82. The highest BCUT2D eigenvalue weighted by atomic mass is 16.7. The summed E-state index contributed by atoms with van der Waals surface area (Å²) in [5, 5.41) is 8.64. The molecule has 74 valence electrons. The maximum atomic E-state index is 8.64. The molecular weight excluding hydrogens is 194 g/mol. The van der Waals surface area contributed by atoms with E-state index in [9.17, 15) is 0 Å². The summed E-state index contributed by atoms with van der Waals surface area (Å²) in [6.07, 6.45) is 1.64. The number of imidazole rings is 1. The molecule has 1 aromatic heterocycles. The van der Waals surface area contributed by atoms with Crippen LogP contribution >= 0.6 is 0 Å². The van der Waals surface area contributed by atoms with E-state index in [4.69, 9.17) is 14.7 Å². The molecule has 0 N–H and O–H groups in total. The molecule has 0 fully saturated rings. The quantitative estimate of drug-likeness (QED) is 0.697. The lowest BCUT2D eigenvalue weighted by atomic mass is 10.2. The fourth-order valence-electron chi connectivity index (χ4n) is 1.65. The molecule has 1 aromatic carbocycles. The number of nitriles is 1. The third-order valence-corrected chi connectivity index (χ3v) is 2.36. The fraction of sp³-hybridized carbons (Fsp3) is 0.200. The van der Waals surface area contributed by atoms with Crippen molar-refractivity contribution < 1.29 is 9.47 Å². The number of ether oxygens (including phenoxy) is 2. The normalized spacial score (nSPS) is 13.0. The van der Waals surface area contributed by atoms with Crippen LogP contribution in [0.25, 0.3) is 11.0 Å². The summed E-state index contributed by atoms with van der Waals surface area (Å²) in [6, 6.07) is 5.76. The summed E-state index contributed by atoms with van der Waals surface area (Å²) in [4.78, 5) is 4.19. The van der Waals surface area contributed by atoms with Crippen LogP contribution in [-0.4, -0.2) is 16.3 Å². The first-order valence-corrected chi connectivity index (χ1v) is 4.50. The first-order chi connectivity index (χ1) is 7.38. The summed E-state index contributed by atoms with van der Waals surface area (Å²) in [5.41, 5.74) is 1.70. The van der Waals surface area contributed by atoms with Crippen molar-refractivity contribution >= 4 is 11.0 Å². The number of nitrogens with zero attached hydrogens (tertiary/aromatic N) is 3. The van der Waals surface area contributed by atoms with Crippen molar-refractivity contribution in [2.24, 2.45) is 0 Å². The minimum absolute atomic E-state index is 0.250. The summed E-state index contributed by atoms with van der Waals surface area (Å²) in [6.45, 7) is 0.538. The lowest BCUT2D eigenvalue weighted by Crippen LogP contribution is -1.93. The van der Waals surface area contributed by atoms with Gasteiger partial charge in [0.2, 0.25) is 6.79 Å². The molecule has 1 aliphatic rings. The molecule has 0 atom stereocenters. The zero-order valence-corrected chi connectivity index (χ0v) is 7.80. The minimum atomic E-state index is 0.250. The summed E-state index contributed by atoms with van der Waals surface area (Å²) in [5.74, 6) is 1.42. The monoisotopic (exact) mass is 201 g/mol. The number of rotatable bonds is 1. The lowest BCUT2D eigenvalue weighted by molar-refractivity contribution is 0.174. The van der Waals surface area contributed by atoms with Crippen LogP contribution in [-0.2, 0) is 6.54 Å². The van der Waals surface area contributed by atoms with Gasteiger partial charge in [0, 0.05) is 12.1 Å². The number of hydrogen-bond donors (Lipinski definition) is 0. The van der Waals surface area contributed by atoms with Crippen LogP contribution in [0.1, 0.15) is 0 Å². The highest BCUT2D eigenvalue weighted by molar-refractivity contribution is 5.80. The molecule has 0 unspecified atom stereocenters. The molecule has 15 heavy (non-hydrogen) atoms. The number of benzene rings is 1. The molecule has 2 aromatic rings. The molecule has 0 spiro atoms. The fourth-order valence-corrected chi connectivity index (χ4v) is 1.65. The Bertz CT molecular complexity index is 568. The first kappa shape index (κ1) is 8.12. The summed E-state index contributed by atoms with van der Waals surface area (Å²) in [7, 11) is 0. The van der Waals surface area contributed by atoms with Crippen molar-refractivity contribution in [3.8, 4) is 17.6 Å². The van der Waals surface area contributed by atoms with Crippen molar-refractivity contribution in [3.05, 3.63) is 18.5 Å². The second kappa shape index (κ2) is 2.89. The Morgan fingerprint density at radius 2 is 2.20 bits per heavy atom. The van der Waals surface area contributed by atoms with E-state index >= 15 is 0 Å². The van der Waals surface area contributed by atoms with Gasteiger partial charge >= 0.3 is 0 Å². The van der Waals surface area contributed by atoms with Gasteiger partial charge in [0.15, 0.2) is 11.5 Å². The molecule has 0 bridgehead atoms. The zero-order chi connectivity index (χ0) is 10.3. The zero-order valence-electron chi connectivity index (χ0n) is 7.80. The van der Waals surface area contributed by atoms with Gasteiger partial charge in [-0.15, -0.1) is 0 Å². The van der Waals surface area contributed by atoms with E-state index in [-0.39, 0.29) is 13.3 Å². The Morgan fingerprint density at radius 1 is 1.40 bits per heavy atom. The predicted octanol–water partition coefficient (Wildman–Crippen LogP) is 1.29. The van der Waals surface area contributed by atoms with Gasteiger partial charge in [-0.2, -0.15) is 5.26 Å². The Labute approximate surface area is 85.5 Å². The third-order valence-electron chi connectivity index (χ3n) is 2.36. The minimum Gasteiger partial charge on any atom is -0.454 e. The van der Waals surface area contributed by atoms with E-state index in [1.165, 1.54) is 0 Å². The van der Waals surface area contributed by atoms with Gasteiger partial charge in [0.25, 0.3) is 0 Å². The predicted molar refractivity (Wildman–Crippen MR) is 51.5 cm³/mol. The van der Waals surface area contributed by atoms with E-state index in [0.29, 0.717) is 11.5 Å². The standard InChI is InChI=1S/C10H7N3O2/c11-1-2-13-5-12-7-3-9-10(4-8(7)13)15-6-14-9/h3-5H,2,6H2. The van der Waals surface area contributed by atoms with Crippen LogP contribution in [0, 0.1) is 11.3 Å². The van der Waals surface area contributed by atoms with Gasteiger partial charge in [-0.1, -0.05) is 0 Å². The van der Waals surface area contributed by atoms with E-state index in [1.54, 1.807) is 10.9 Å². The molecule has 2 heterocycles. The Kier molecular flexibility index (Phi) is 1.56. The smallest absolute Gasteiger partial charge is 0.231 e. The SMILES string of the molecule is N#CCn1cnc2cc3c(cc21)OCO3. The number of hydrogen-bond acceptors (Lipinski definition) is 4. The molecular formula is C10H7N3O2. The van der Waals surface area contributed by atoms with E-state index in [0.717, 1.165) is 11.0 Å². The molecule has 5 heteroatoms. The van der Waals surface area contributed by atoms with E-state index in [1.807, 2.05) is 12.1 Å². The van der Waals surface area contributed by atoms with Gasteiger partial charge in [-0.25, -0.2) is 4.98 Å². The molecule has 0 saturated carbocycles. The molecule has 3 rings (SSSR count). The van der Waals surface area contributed by atoms with Crippen LogP contribution in [0.4, 0.5) is 0 Å². The van der Waals surface area contributed by atoms with Crippen LogP contribution in [0.3, 0.4) is 0 Å². The summed E-state index contributed by atoms with van der Waals surface area (Å²) >= 11 is 0. The maximum absolute atomic E-state index is 8.64. The molecule has 0 aliphatic carbocycles. The lowest BCUT2D eigenvalue weighted by Gasteiger charge is -1.98. The van der Waals surface area contributed by atoms with Gasteiger partial charge in [0.1, 0.15) is 6.54 Å². The molecule has 0 amide bonds. The van der Waals surface area contributed by atoms with Gasteiger partial charge in [-0.05, 0) is 0 Å². The first-order valence-electron chi connectivity index (χ1n) is 4.50. The van der Waals surface area contributed by atoms with E-state index in [2.05, 4.69) is 11.1 Å². The Morgan fingerprint density at radius 3 is 3.00 bits per heavy atom. The number of aromatic nitrogens is 2. The van der Waals surface area contributed by atoms with Crippen LogP contribution in [0.5, 0.6) is 11.5 Å². The highest BCUT2D eigenvalue weighted by Crippen LogP contribution is 2.35. The van der Waals surface area contributed by atoms with Gasteiger partial charge < -0.3 is 14.0 Å². The topological polar surface area (TPSA) is 60.1 Å². The van der Waals surface area contributed by atoms with Crippen molar-refractivity contribution in [1.29, 1.82) is 5.26 Å². The van der Waals surface area contributed by atoms with Crippen molar-refractivity contribution in [3.63, 3.8) is 0 Å². The highest BCUT2D eigenvalue weighted by Gasteiger charge is 2.16. The Balaban J connectivity index is 2.23. The van der Waals surface area contributed by atoms with Gasteiger partial charge in [-0.3, -0.25) is 0 Å². The summed E-state index contributed by atoms with van der Waals surface area (Å²) < 4.78 is 12.3. The van der Waals surface area contributed by atoms with Crippen molar-refractivity contribution in [1.82, 2.24) is 9.55 Å². The second-order valence-corrected chi connectivity index (χ2v) is 3.22. The van der Waals surface area contributed by atoms with Crippen LogP contribution < -0.4 is 9.47 Å². The molecule has 0 saturated heterocycles. The Hall–Kier alpha value is -2.22. The van der Waals surface area contributed by atoms with E-state index < -0.39 is 0 Å². The average molecular weight is 201 g/mol. The molecule has 1 aliphatic heterocycles. The van der Waals surface area contributed by atoms with Crippen LogP contribution in [0.2, 0.25) is 0 Å². The maximum Gasteiger partial charge on any atom is 0.231 e. The largest absolute Gasteiger partial charge is 0.454 e. The van der Waals surface area contributed by atoms with Crippen molar-refractivity contribution in [2.75, 3.05) is 6.79 Å². The van der Waals surface area contributed by atoms with Crippen LogP contribution in [0.15, 0.2) is 18.5 Å². The third kappa shape index (κ3) is 1.12. The molecule has 5 nitrogen and oxygen atoms in total. The number of fused-ring (bicyclic) bond motifs is 2. The van der Waals surface area contributed by atoms with Gasteiger partial charge in [0.05, 0.1) is 23.4 Å². The second-order valence-electron chi connectivity index (χ2n) is 3.22.